The van der Waals surface area contributed by atoms with Crippen molar-refractivity contribution in [2.45, 2.75) is 64.7 Å². The van der Waals surface area contributed by atoms with Crippen LogP contribution < -0.4 is 0 Å². The normalized spacial score (nSPS) is 13.9. The Labute approximate surface area is 810 Å². The molecular formula is C128H91N9O3. The molecule has 27 rings (SSSR count). The lowest BCUT2D eigenvalue weighted by molar-refractivity contribution is 0.413. The van der Waals surface area contributed by atoms with Gasteiger partial charge in [-0.15, -0.1) is 0 Å². The molecule has 3 aliphatic rings. The monoisotopic (exact) mass is 1800 g/mol. The van der Waals surface area contributed by atoms with E-state index in [1.54, 1.807) is 0 Å². The zero-order valence-electron chi connectivity index (χ0n) is 78.2. The first-order valence-electron chi connectivity index (χ1n) is 47.8. The quantitative estimate of drug-likeness (QED) is 0.108. The van der Waals surface area contributed by atoms with E-state index in [0.29, 0.717) is 58.3 Å². The second-order valence-corrected chi connectivity index (χ2v) is 38.1. The van der Waals surface area contributed by atoms with E-state index in [9.17, 15) is 0 Å². The maximum absolute atomic E-state index is 6.87. The molecule has 0 aliphatic heterocycles. The highest BCUT2D eigenvalue weighted by Gasteiger charge is 2.45. The molecular weight excluding hydrogens is 1710 g/mol. The molecule has 3 aliphatic carbocycles. The Bertz CT molecular complexity index is 9030. The third-order valence-corrected chi connectivity index (χ3v) is 28.9. The number of benzene rings is 18. The van der Waals surface area contributed by atoms with Crippen LogP contribution >= 0.6 is 0 Å². The molecule has 18 aromatic carbocycles. The first kappa shape index (κ1) is 84.2. The molecule has 0 fully saturated rings. The number of rotatable bonds is 13. The Morgan fingerprint density at radius 2 is 0.429 bits per heavy atom. The van der Waals surface area contributed by atoms with Crippen LogP contribution in [0, 0.1) is 5.92 Å². The van der Waals surface area contributed by atoms with Crippen molar-refractivity contribution >= 4 is 65.8 Å². The van der Waals surface area contributed by atoms with Crippen molar-refractivity contribution < 1.29 is 13.3 Å². The highest BCUT2D eigenvalue weighted by molar-refractivity contribution is 6.13. The standard InChI is InChI=1S/C44H33N3O.2C42H29N3O/c1-27(2)44(3)37-21-13-12-19-32(37)34-24-25-35-33-23-22-30(26-38(33)48-40(35)39(34)44)42-45-41(29-16-8-5-9-17-29)46-43(47-42)36-20-11-10-18-31(36)28-14-6-4-7-15-28;1-42(2)35-19-10-9-18-31(35)33-22-23-34-32-21-20-30(25-36(32)46-38(34)37(33)42)41-44-39(27-14-7-4-8-15-27)43-40(45-41)29-17-11-16-28(24-29)26-12-5-3-6-13-26;1-42(2)35-16-10-9-15-31(35)33-23-24-34-32-22-21-30(25-36(32)46-38(34)37(33)42)41-44-39(28-13-7-4-8-14-28)43-40(45-41)29-19-17-27(18-20-29)26-11-5-3-6-12-26/h4-27H,1-3H3;2*3-25H,1-2H3. The highest BCUT2D eigenvalue weighted by Crippen LogP contribution is 2.58. The van der Waals surface area contributed by atoms with E-state index in [4.69, 9.17) is 58.1 Å². The van der Waals surface area contributed by atoms with Gasteiger partial charge in [0, 0.05) is 115 Å². The molecule has 140 heavy (non-hydrogen) atoms. The molecule has 0 spiro atoms. The Balaban J connectivity index is 0.000000111. The summed E-state index contributed by atoms with van der Waals surface area (Å²) in [5.74, 6) is 5.99. The predicted octanol–water partition coefficient (Wildman–Crippen LogP) is 32.9. The highest BCUT2D eigenvalue weighted by atomic mass is 16.3. The fourth-order valence-electron chi connectivity index (χ4n) is 21.6. The third-order valence-electron chi connectivity index (χ3n) is 28.9. The lowest BCUT2D eigenvalue weighted by Crippen LogP contribution is -2.27. The van der Waals surface area contributed by atoms with Gasteiger partial charge in [0.1, 0.15) is 33.5 Å². The van der Waals surface area contributed by atoms with Gasteiger partial charge in [0.2, 0.25) is 0 Å². The average molecular weight is 1800 g/mol. The van der Waals surface area contributed by atoms with Gasteiger partial charge in [-0.3, -0.25) is 0 Å². The van der Waals surface area contributed by atoms with Crippen LogP contribution in [0.15, 0.2) is 432 Å². The Kier molecular flexibility index (Phi) is 20.3. The van der Waals surface area contributed by atoms with Crippen molar-refractivity contribution in [3.63, 3.8) is 0 Å². The molecule has 12 heteroatoms. The maximum atomic E-state index is 6.87. The van der Waals surface area contributed by atoms with Crippen molar-refractivity contribution in [1.29, 1.82) is 0 Å². The van der Waals surface area contributed by atoms with Gasteiger partial charge in [-0.05, 0) is 150 Å². The van der Waals surface area contributed by atoms with E-state index < -0.39 is 0 Å². The zero-order valence-corrected chi connectivity index (χ0v) is 78.2. The Morgan fingerprint density at radius 3 is 0.821 bits per heavy atom. The zero-order chi connectivity index (χ0) is 94.1. The summed E-state index contributed by atoms with van der Waals surface area (Å²) >= 11 is 0. The SMILES string of the molecule is CC(C)C1(C)c2ccccc2-c2ccc3c(oc4cc(-c5nc(-c6ccccc6)nc(-c6ccccc6-c6ccccc6)n5)ccc43)c21.CC1(C)c2ccccc2-c2ccc3c(oc4cc(-c5nc(-c6ccccc6)nc(-c6ccc(-c7ccccc7)cc6)n5)ccc43)c21.CC1(C)c2ccccc2-c2ccc3c(oc4cc(-c5nc(-c6ccccc6)nc(-c6cccc(-c7ccccc7)c6)n5)ccc43)c21. The first-order chi connectivity index (χ1) is 68.6. The van der Waals surface area contributed by atoms with E-state index in [1.807, 2.05) is 115 Å². The average Bonchev–Trinajstić information content (AvgIpc) is 1.55. The summed E-state index contributed by atoms with van der Waals surface area (Å²) in [6.45, 7) is 16.2. The molecule has 0 amide bonds. The lowest BCUT2D eigenvalue weighted by Gasteiger charge is -2.31. The molecule has 666 valence electrons. The molecule has 1 atom stereocenters. The molecule has 0 N–H and O–H groups in total. The van der Waals surface area contributed by atoms with Gasteiger partial charge in [0.25, 0.3) is 0 Å². The van der Waals surface area contributed by atoms with Crippen molar-refractivity contribution in [2.75, 3.05) is 0 Å². The Hall–Kier alpha value is -17.6. The van der Waals surface area contributed by atoms with Gasteiger partial charge >= 0.3 is 0 Å². The summed E-state index contributed by atoms with van der Waals surface area (Å²) in [7, 11) is 0. The number of aromatic nitrogens is 9. The summed E-state index contributed by atoms with van der Waals surface area (Å²) in [5.41, 5.74) is 35.3. The van der Waals surface area contributed by atoms with E-state index in [1.165, 1.54) is 72.3 Å². The molecule has 0 saturated heterocycles. The molecule has 0 radical (unpaired) electrons. The van der Waals surface area contributed by atoms with E-state index >= 15 is 0 Å². The van der Waals surface area contributed by atoms with Crippen LogP contribution in [0.25, 0.3) is 235 Å². The largest absolute Gasteiger partial charge is 0.456 e. The minimum absolute atomic E-state index is 0.161. The van der Waals surface area contributed by atoms with Crippen molar-refractivity contribution in [1.82, 2.24) is 44.9 Å². The van der Waals surface area contributed by atoms with Gasteiger partial charge in [0.15, 0.2) is 52.4 Å². The minimum atomic E-state index is -0.165. The van der Waals surface area contributed by atoms with Gasteiger partial charge < -0.3 is 13.3 Å². The fraction of sp³-hybridized carbons (Fsp3) is 0.0859. The van der Waals surface area contributed by atoms with Gasteiger partial charge in [-0.25, -0.2) is 44.9 Å². The van der Waals surface area contributed by atoms with Crippen molar-refractivity contribution in [3.8, 4) is 169 Å². The summed E-state index contributed by atoms with van der Waals surface area (Å²) in [6, 6.07) is 145. The van der Waals surface area contributed by atoms with Gasteiger partial charge in [-0.2, -0.15) is 0 Å². The van der Waals surface area contributed by atoms with E-state index in [0.717, 1.165) is 144 Å². The van der Waals surface area contributed by atoms with Crippen LogP contribution in [-0.4, -0.2) is 44.9 Å². The topological polar surface area (TPSA) is 155 Å². The summed E-state index contributed by atoms with van der Waals surface area (Å²) in [4.78, 5) is 45.1. The van der Waals surface area contributed by atoms with Crippen LogP contribution in [0.4, 0.5) is 0 Å². The fourth-order valence-corrected chi connectivity index (χ4v) is 21.6. The second kappa shape index (κ2) is 33.7. The number of fused-ring (bicyclic) bond motifs is 21. The number of nitrogens with zero attached hydrogens (tertiary/aromatic N) is 9. The smallest absolute Gasteiger partial charge is 0.164 e. The van der Waals surface area contributed by atoms with Crippen LogP contribution in [0.1, 0.15) is 81.8 Å². The third kappa shape index (κ3) is 14.3. The summed E-state index contributed by atoms with van der Waals surface area (Å²) in [6.07, 6.45) is 0. The van der Waals surface area contributed by atoms with Crippen molar-refractivity contribution in [3.05, 3.63) is 452 Å². The van der Waals surface area contributed by atoms with E-state index in [2.05, 4.69) is 352 Å². The Morgan fingerprint density at radius 1 is 0.179 bits per heavy atom. The van der Waals surface area contributed by atoms with Crippen molar-refractivity contribution in [2.24, 2.45) is 5.92 Å². The van der Waals surface area contributed by atoms with Crippen LogP contribution in [0.2, 0.25) is 0 Å². The molecule has 6 heterocycles. The lowest BCUT2D eigenvalue weighted by atomic mass is 9.71. The molecule has 0 bridgehead atoms. The molecule has 0 saturated carbocycles. The molecule has 1 unspecified atom stereocenters. The molecule has 6 aromatic heterocycles. The number of hydrogen-bond acceptors (Lipinski definition) is 12. The minimum Gasteiger partial charge on any atom is -0.456 e. The van der Waals surface area contributed by atoms with Crippen LogP contribution in [-0.2, 0) is 16.2 Å². The number of furan rings is 3. The van der Waals surface area contributed by atoms with E-state index in [-0.39, 0.29) is 16.2 Å². The predicted molar refractivity (Wildman–Crippen MR) is 568 cm³/mol. The first-order valence-corrected chi connectivity index (χ1v) is 47.8. The second-order valence-electron chi connectivity index (χ2n) is 38.1. The summed E-state index contributed by atoms with van der Waals surface area (Å²) in [5, 5.41) is 6.64. The van der Waals surface area contributed by atoms with Gasteiger partial charge in [0.05, 0.1) is 0 Å². The molecule has 12 nitrogen and oxygen atoms in total. The van der Waals surface area contributed by atoms with Crippen LogP contribution in [0.5, 0.6) is 0 Å². The number of hydrogen-bond donors (Lipinski definition) is 0. The van der Waals surface area contributed by atoms with Crippen LogP contribution in [0.3, 0.4) is 0 Å². The maximum Gasteiger partial charge on any atom is 0.164 e. The van der Waals surface area contributed by atoms with Gasteiger partial charge in [-0.1, -0.05) is 406 Å². The summed E-state index contributed by atoms with van der Waals surface area (Å²) < 4.78 is 20.4. The molecule has 24 aromatic rings.